The van der Waals surface area contributed by atoms with Gasteiger partial charge in [0.2, 0.25) is 11.7 Å². The van der Waals surface area contributed by atoms with Gasteiger partial charge < -0.3 is 5.73 Å². The van der Waals surface area contributed by atoms with Crippen molar-refractivity contribution in [1.29, 1.82) is 0 Å². The second kappa shape index (κ2) is 5.00. The van der Waals surface area contributed by atoms with Crippen molar-refractivity contribution < 1.29 is 4.39 Å². The van der Waals surface area contributed by atoms with Crippen LogP contribution in [-0.2, 0) is 5.79 Å². The number of benzene rings is 2. The van der Waals surface area contributed by atoms with Gasteiger partial charge in [-0.15, -0.1) is 0 Å². The zero-order chi connectivity index (χ0) is 15.0. The Hall–Kier alpha value is -2.15. The van der Waals surface area contributed by atoms with Gasteiger partial charge in [-0.05, 0) is 23.8 Å². The maximum atomic E-state index is 13.0. The molecule has 2 aromatic rings. The number of hydrazine groups is 1. The predicted octanol–water partition coefficient (Wildman–Crippen LogP) is 1.64. The van der Waals surface area contributed by atoms with Crippen LogP contribution in [0.5, 0.6) is 0 Å². The molecule has 3 rings (SSSR count). The van der Waals surface area contributed by atoms with Crippen molar-refractivity contribution >= 4 is 17.6 Å². The number of hydrogen-bond donors (Lipinski definition) is 4. The van der Waals surface area contributed by atoms with Gasteiger partial charge in [-0.1, -0.05) is 35.9 Å². The minimum atomic E-state index is -1.16. The van der Waals surface area contributed by atoms with Crippen LogP contribution in [0, 0.1) is 5.82 Å². The van der Waals surface area contributed by atoms with Gasteiger partial charge >= 0.3 is 0 Å². The van der Waals surface area contributed by atoms with Crippen molar-refractivity contribution in [3.05, 3.63) is 58.9 Å². The predicted molar refractivity (Wildman–Crippen MR) is 80.6 cm³/mol. The van der Waals surface area contributed by atoms with Crippen LogP contribution < -0.4 is 22.3 Å². The summed E-state index contributed by atoms with van der Waals surface area (Å²) in [5.74, 6) is -1.25. The molecule has 0 bridgehead atoms. The van der Waals surface area contributed by atoms with Crippen LogP contribution in [0.4, 0.5) is 4.39 Å². The molecular formula is C14H13ClFN5. The molecule has 0 amide bonds. The Balaban J connectivity index is 1.99. The average molecular weight is 306 g/mol. The maximum Gasteiger partial charge on any atom is 0.209 e. The van der Waals surface area contributed by atoms with Crippen molar-refractivity contribution in [2.75, 3.05) is 0 Å². The van der Waals surface area contributed by atoms with E-state index < -0.39 is 5.79 Å². The Morgan fingerprint density at radius 3 is 2.43 bits per heavy atom. The molecule has 7 heteroatoms. The van der Waals surface area contributed by atoms with E-state index in [1.54, 1.807) is 24.3 Å². The topological polar surface area (TPSA) is 88.5 Å². The molecule has 0 spiro atoms. The summed E-state index contributed by atoms with van der Waals surface area (Å²) in [6.45, 7) is 0. The van der Waals surface area contributed by atoms with Gasteiger partial charge in [-0.2, -0.15) is 5.43 Å². The number of nitrogens with one attached hydrogen (secondary N) is 2. The first kappa shape index (κ1) is 13.8. The fraction of sp³-hybridized carbons (Fsp3) is 0.0714. The van der Waals surface area contributed by atoms with Gasteiger partial charge in [0.1, 0.15) is 5.82 Å². The molecule has 0 saturated heterocycles. The lowest BCUT2D eigenvalue weighted by molar-refractivity contribution is 0.375. The van der Waals surface area contributed by atoms with E-state index in [1.165, 1.54) is 12.1 Å². The van der Waals surface area contributed by atoms with Crippen LogP contribution in [0.25, 0.3) is 11.1 Å². The smallest absolute Gasteiger partial charge is 0.209 e. The van der Waals surface area contributed by atoms with Crippen LogP contribution >= 0.6 is 11.6 Å². The number of rotatable bonds is 2. The van der Waals surface area contributed by atoms with E-state index in [2.05, 4.69) is 15.8 Å². The van der Waals surface area contributed by atoms with E-state index in [9.17, 15) is 4.39 Å². The summed E-state index contributed by atoms with van der Waals surface area (Å²) in [6, 6.07) is 11.4. The van der Waals surface area contributed by atoms with Crippen LogP contribution in [0.15, 0.2) is 47.5 Å². The lowest BCUT2D eigenvalue weighted by Crippen LogP contribution is -2.50. The molecule has 0 saturated carbocycles. The normalized spacial score (nSPS) is 21.0. The largest absolute Gasteiger partial charge is 0.369 e. The standard InChI is InChI=1S/C14H13ClFN5/c15-12-7-9(14(18)19-13(17)20-21-14)3-6-11(12)8-1-4-10(16)5-2-8/h1-7,21H,18H2,(H3,17,19,20). The Bertz CT molecular complexity index is 716. The highest BCUT2D eigenvalue weighted by atomic mass is 35.5. The van der Waals surface area contributed by atoms with Gasteiger partial charge in [-0.3, -0.25) is 11.2 Å². The van der Waals surface area contributed by atoms with E-state index >= 15 is 0 Å². The van der Waals surface area contributed by atoms with E-state index in [1.807, 2.05) is 6.07 Å². The van der Waals surface area contributed by atoms with Crippen molar-refractivity contribution in [2.24, 2.45) is 16.5 Å². The minimum Gasteiger partial charge on any atom is -0.369 e. The number of halogens is 2. The highest BCUT2D eigenvalue weighted by Crippen LogP contribution is 2.31. The summed E-state index contributed by atoms with van der Waals surface area (Å²) in [5, 5.41) is 0.492. The number of guanidine groups is 1. The van der Waals surface area contributed by atoms with Gasteiger partial charge in [-0.25, -0.2) is 9.38 Å². The molecule has 0 fully saturated rings. The summed E-state index contributed by atoms with van der Waals surface area (Å²) in [6.07, 6.45) is 0. The quantitative estimate of drug-likeness (QED) is 0.679. The first-order valence-electron chi connectivity index (χ1n) is 6.21. The monoisotopic (exact) mass is 305 g/mol. The van der Waals surface area contributed by atoms with E-state index in [0.717, 1.165) is 11.1 Å². The summed E-state index contributed by atoms with van der Waals surface area (Å²) < 4.78 is 13.0. The Morgan fingerprint density at radius 2 is 1.86 bits per heavy atom. The fourth-order valence-corrected chi connectivity index (χ4v) is 2.45. The number of nitrogens with two attached hydrogens (primary N) is 2. The molecule has 1 heterocycles. The van der Waals surface area contributed by atoms with Crippen molar-refractivity contribution in [3.63, 3.8) is 0 Å². The molecule has 1 unspecified atom stereocenters. The van der Waals surface area contributed by atoms with Gasteiger partial charge in [0.25, 0.3) is 0 Å². The summed E-state index contributed by atoms with van der Waals surface area (Å²) in [5.41, 5.74) is 19.3. The molecule has 0 aromatic heterocycles. The lowest BCUT2D eigenvalue weighted by atomic mass is 10.0. The maximum absolute atomic E-state index is 13.0. The molecule has 1 aliphatic rings. The van der Waals surface area contributed by atoms with E-state index in [-0.39, 0.29) is 11.8 Å². The summed E-state index contributed by atoms with van der Waals surface area (Å²) in [7, 11) is 0. The first-order chi connectivity index (χ1) is 9.98. The van der Waals surface area contributed by atoms with Crippen molar-refractivity contribution in [2.45, 2.75) is 5.79 Å². The molecule has 1 atom stereocenters. The molecule has 2 aromatic carbocycles. The SMILES string of the molecule is NC1=NC(N)(c2ccc(-c3ccc(F)cc3)c(Cl)c2)NN1. The number of aliphatic imine (C=N–C) groups is 1. The number of nitrogens with zero attached hydrogens (tertiary/aromatic N) is 1. The molecule has 1 aliphatic heterocycles. The van der Waals surface area contributed by atoms with Gasteiger partial charge in [0, 0.05) is 16.1 Å². The highest BCUT2D eigenvalue weighted by molar-refractivity contribution is 6.33. The molecule has 6 N–H and O–H groups in total. The third-order valence-electron chi connectivity index (χ3n) is 3.24. The van der Waals surface area contributed by atoms with Crippen LogP contribution in [0.2, 0.25) is 5.02 Å². The molecular weight excluding hydrogens is 293 g/mol. The Labute approximate surface area is 125 Å². The van der Waals surface area contributed by atoms with Crippen molar-refractivity contribution in [1.82, 2.24) is 10.9 Å². The second-order valence-corrected chi connectivity index (χ2v) is 5.12. The van der Waals surface area contributed by atoms with Crippen LogP contribution in [-0.4, -0.2) is 5.96 Å². The third-order valence-corrected chi connectivity index (χ3v) is 3.56. The average Bonchev–Trinajstić information content (AvgIpc) is 2.81. The molecule has 0 aliphatic carbocycles. The van der Waals surface area contributed by atoms with Gasteiger partial charge in [0.05, 0.1) is 0 Å². The van der Waals surface area contributed by atoms with Gasteiger partial charge in [0.15, 0.2) is 0 Å². The summed E-state index contributed by atoms with van der Waals surface area (Å²) >= 11 is 6.30. The Kier molecular flexibility index (Phi) is 3.29. The zero-order valence-electron chi connectivity index (χ0n) is 10.9. The molecule has 0 radical (unpaired) electrons. The zero-order valence-corrected chi connectivity index (χ0v) is 11.7. The minimum absolute atomic E-state index is 0.205. The molecule has 108 valence electrons. The Morgan fingerprint density at radius 1 is 1.14 bits per heavy atom. The molecule has 21 heavy (non-hydrogen) atoms. The van der Waals surface area contributed by atoms with Crippen LogP contribution in [0.1, 0.15) is 5.56 Å². The van der Waals surface area contributed by atoms with Crippen LogP contribution in [0.3, 0.4) is 0 Å². The number of hydrogen-bond acceptors (Lipinski definition) is 5. The highest BCUT2D eigenvalue weighted by Gasteiger charge is 2.31. The van der Waals surface area contributed by atoms with E-state index in [4.69, 9.17) is 23.1 Å². The first-order valence-corrected chi connectivity index (χ1v) is 6.59. The third kappa shape index (κ3) is 2.56. The van der Waals surface area contributed by atoms with Crippen molar-refractivity contribution in [3.8, 4) is 11.1 Å². The lowest BCUT2D eigenvalue weighted by Gasteiger charge is -2.21. The summed E-state index contributed by atoms with van der Waals surface area (Å²) in [4.78, 5) is 4.09. The van der Waals surface area contributed by atoms with E-state index in [0.29, 0.717) is 10.6 Å². The fourth-order valence-electron chi connectivity index (χ4n) is 2.16. The second-order valence-electron chi connectivity index (χ2n) is 4.71. The molecule has 5 nitrogen and oxygen atoms in total.